The molecule has 0 aliphatic carbocycles. The Bertz CT molecular complexity index is 818. The Morgan fingerprint density at radius 3 is 2.67 bits per heavy atom. The number of aryl methyl sites for hydroxylation is 2. The van der Waals surface area contributed by atoms with Crippen molar-refractivity contribution in [2.45, 2.75) is 31.8 Å². The zero-order chi connectivity index (χ0) is 15.2. The highest BCUT2D eigenvalue weighted by Gasteiger charge is 2.31. The first kappa shape index (κ1) is 14.0. The van der Waals surface area contributed by atoms with Crippen molar-refractivity contribution in [3.05, 3.63) is 46.8 Å². The number of fused-ring (bicyclic) bond motifs is 1. The molecule has 21 heavy (non-hydrogen) atoms. The van der Waals surface area contributed by atoms with Crippen molar-refractivity contribution < 1.29 is 8.42 Å². The summed E-state index contributed by atoms with van der Waals surface area (Å²) in [4.78, 5) is 8.32. The lowest BCUT2D eigenvalue weighted by molar-refractivity contribution is 0.429. The normalized spacial score (nSPS) is 15.1. The smallest absolute Gasteiger partial charge is 0.243 e. The predicted molar refractivity (Wildman–Crippen MR) is 78.8 cm³/mol. The van der Waals surface area contributed by atoms with Crippen LogP contribution in [-0.2, 0) is 23.1 Å². The van der Waals surface area contributed by atoms with Crippen molar-refractivity contribution in [3.8, 4) is 0 Å². The molecule has 0 saturated heterocycles. The average Bonchev–Trinajstić information content (AvgIpc) is 2.85. The van der Waals surface area contributed by atoms with Gasteiger partial charge in [0.25, 0.3) is 0 Å². The zero-order valence-electron chi connectivity index (χ0n) is 11.9. The molecule has 2 heterocycles. The Morgan fingerprint density at radius 1 is 1.19 bits per heavy atom. The number of nitrogens with zero attached hydrogens (tertiary/aromatic N) is 3. The van der Waals surface area contributed by atoms with Gasteiger partial charge < -0.3 is 5.73 Å². The van der Waals surface area contributed by atoms with Gasteiger partial charge in [-0.1, -0.05) is 6.07 Å². The summed E-state index contributed by atoms with van der Waals surface area (Å²) in [5.41, 5.74) is 9.04. The average molecular weight is 304 g/mol. The minimum absolute atomic E-state index is 0.166. The monoisotopic (exact) mass is 304 g/mol. The van der Waals surface area contributed by atoms with Crippen LogP contribution in [0.4, 0.5) is 5.95 Å². The summed E-state index contributed by atoms with van der Waals surface area (Å²) < 4.78 is 26.8. The van der Waals surface area contributed by atoms with Gasteiger partial charge in [0, 0.05) is 18.3 Å². The summed E-state index contributed by atoms with van der Waals surface area (Å²) in [6, 6.07) is 5.16. The number of anilines is 1. The van der Waals surface area contributed by atoms with E-state index in [0.717, 1.165) is 16.7 Å². The topological polar surface area (TPSA) is 89.2 Å². The van der Waals surface area contributed by atoms with E-state index in [1.165, 1.54) is 4.31 Å². The summed E-state index contributed by atoms with van der Waals surface area (Å²) in [5.74, 6) is 0.166. The third-order valence-corrected chi connectivity index (χ3v) is 5.55. The Balaban J connectivity index is 1.96. The number of rotatable bonds is 2. The SMILES string of the molecule is Cc1ccc(S(=O)(=O)N2Cc3cnc(N)nc3C2)cc1C. The first-order chi connectivity index (χ1) is 9.88. The van der Waals surface area contributed by atoms with E-state index in [9.17, 15) is 8.42 Å². The van der Waals surface area contributed by atoms with Crippen LogP contribution in [0, 0.1) is 13.8 Å². The lowest BCUT2D eigenvalue weighted by Crippen LogP contribution is -2.25. The van der Waals surface area contributed by atoms with E-state index in [4.69, 9.17) is 5.73 Å². The summed E-state index contributed by atoms with van der Waals surface area (Å²) in [6.45, 7) is 4.37. The van der Waals surface area contributed by atoms with E-state index in [0.29, 0.717) is 10.6 Å². The van der Waals surface area contributed by atoms with Gasteiger partial charge in [0.15, 0.2) is 0 Å². The molecule has 2 aromatic rings. The quantitative estimate of drug-likeness (QED) is 0.905. The standard InChI is InChI=1S/C14H16N4O2S/c1-9-3-4-12(5-10(9)2)21(19,20)18-7-11-6-16-14(15)17-13(11)8-18/h3-6H,7-8H2,1-2H3,(H2,15,16,17). The number of benzene rings is 1. The van der Waals surface area contributed by atoms with Crippen molar-refractivity contribution in [3.63, 3.8) is 0 Å². The number of sulfonamides is 1. The van der Waals surface area contributed by atoms with Gasteiger partial charge in [-0.3, -0.25) is 0 Å². The van der Waals surface area contributed by atoms with Crippen LogP contribution in [-0.4, -0.2) is 22.7 Å². The van der Waals surface area contributed by atoms with Gasteiger partial charge in [-0.2, -0.15) is 4.31 Å². The number of nitrogen functional groups attached to an aromatic ring is 1. The number of hydrogen-bond acceptors (Lipinski definition) is 5. The molecule has 0 unspecified atom stereocenters. The third kappa shape index (κ3) is 2.38. The van der Waals surface area contributed by atoms with Gasteiger partial charge >= 0.3 is 0 Å². The molecule has 1 aliphatic rings. The molecular formula is C14H16N4O2S. The highest BCUT2D eigenvalue weighted by Crippen LogP contribution is 2.28. The van der Waals surface area contributed by atoms with Crippen molar-refractivity contribution in [1.82, 2.24) is 14.3 Å². The molecule has 0 spiro atoms. The van der Waals surface area contributed by atoms with Crippen LogP contribution in [0.15, 0.2) is 29.3 Å². The fourth-order valence-electron chi connectivity index (χ4n) is 2.33. The van der Waals surface area contributed by atoms with E-state index >= 15 is 0 Å². The molecule has 0 amide bonds. The fraction of sp³-hybridized carbons (Fsp3) is 0.286. The Kier molecular flexibility index (Phi) is 3.18. The molecule has 0 fully saturated rings. The molecule has 0 radical (unpaired) electrons. The number of hydrogen-bond donors (Lipinski definition) is 1. The highest BCUT2D eigenvalue weighted by molar-refractivity contribution is 7.89. The van der Waals surface area contributed by atoms with E-state index in [-0.39, 0.29) is 19.0 Å². The maximum absolute atomic E-state index is 12.7. The van der Waals surface area contributed by atoms with E-state index < -0.39 is 10.0 Å². The van der Waals surface area contributed by atoms with Crippen molar-refractivity contribution in [2.24, 2.45) is 0 Å². The molecular weight excluding hydrogens is 288 g/mol. The van der Waals surface area contributed by atoms with Crippen molar-refractivity contribution >= 4 is 16.0 Å². The van der Waals surface area contributed by atoms with Crippen LogP contribution in [0.2, 0.25) is 0 Å². The second-order valence-corrected chi connectivity index (χ2v) is 7.16. The number of nitrogens with two attached hydrogens (primary N) is 1. The van der Waals surface area contributed by atoms with Crippen LogP contribution in [0.5, 0.6) is 0 Å². The molecule has 1 aromatic carbocycles. The Morgan fingerprint density at radius 2 is 1.95 bits per heavy atom. The minimum atomic E-state index is -3.53. The zero-order valence-corrected chi connectivity index (χ0v) is 12.7. The molecule has 0 bridgehead atoms. The molecule has 0 atom stereocenters. The van der Waals surface area contributed by atoms with Gasteiger partial charge in [-0.25, -0.2) is 18.4 Å². The molecule has 0 saturated carbocycles. The first-order valence-corrected chi connectivity index (χ1v) is 7.99. The van der Waals surface area contributed by atoms with Gasteiger partial charge in [0.1, 0.15) is 0 Å². The molecule has 110 valence electrons. The first-order valence-electron chi connectivity index (χ1n) is 6.55. The number of aromatic nitrogens is 2. The molecule has 3 rings (SSSR count). The van der Waals surface area contributed by atoms with Crippen LogP contribution >= 0.6 is 0 Å². The van der Waals surface area contributed by atoms with Crippen molar-refractivity contribution in [1.29, 1.82) is 0 Å². The van der Waals surface area contributed by atoms with Crippen LogP contribution in [0.1, 0.15) is 22.4 Å². The van der Waals surface area contributed by atoms with Gasteiger partial charge in [0.05, 0.1) is 17.1 Å². The summed E-state index contributed by atoms with van der Waals surface area (Å²) in [6.07, 6.45) is 1.59. The highest BCUT2D eigenvalue weighted by atomic mass is 32.2. The van der Waals surface area contributed by atoms with E-state index in [2.05, 4.69) is 9.97 Å². The van der Waals surface area contributed by atoms with Gasteiger partial charge in [-0.15, -0.1) is 0 Å². The molecule has 6 nitrogen and oxygen atoms in total. The largest absolute Gasteiger partial charge is 0.368 e. The maximum atomic E-state index is 12.7. The minimum Gasteiger partial charge on any atom is -0.368 e. The second kappa shape index (κ2) is 4.78. The van der Waals surface area contributed by atoms with Crippen LogP contribution in [0.25, 0.3) is 0 Å². The third-order valence-electron chi connectivity index (χ3n) is 3.76. The Hall–Kier alpha value is -1.99. The molecule has 1 aliphatic heterocycles. The fourth-order valence-corrected chi connectivity index (χ4v) is 3.80. The van der Waals surface area contributed by atoms with Crippen LogP contribution < -0.4 is 5.73 Å². The van der Waals surface area contributed by atoms with Crippen LogP contribution in [0.3, 0.4) is 0 Å². The predicted octanol–water partition coefficient (Wildman–Crippen LogP) is 1.38. The summed E-state index contributed by atoms with van der Waals surface area (Å²) in [5, 5.41) is 0. The van der Waals surface area contributed by atoms with E-state index in [1.807, 2.05) is 19.9 Å². The van der Waals surface area contributed by atoms with E-state index in [1.54, 1.807) is 18.3 Å². The van der Waals surface area contributed by atoms with Gasteiger partial charge in [-0.05, 0) is 37.1 Å². The molecule has 1 aromatic heterocycles. The lowest BCUT2D eigenvalue weighted by Gasteiger charge is -2.16. The summed E-state index contributed by atoms with van der Waals surface area (Å²) >= 11 is 0. The second-order valence-electron chi connectivity index (χ2n) is 5.22. The maximum Gasteiger partial charge on any atom is 0.243 e. The van der Waals surface area contributed by atoms with Crippen molar-refractivity contribution in [2.75, 3.05) is 5.73 Å². The molecule has 7 heteroatoms. The molecule has 2 N–H and O–H groups in total. The lowest BCUT2D eigenvalue weighted by atomic mass is 10.1. The van der Waals surface area contributed by atoms with Gasteiger partial charge in [0.2, 0.25) is 16.0 Å². The summed E-state index contributed by atoms with van der Waals surface area (Å²) in [7, 11) is -3.53. The Labute approximate surface area is 123 Å².